The molecule has 1 N–H and O–H groups in total. The van der Waals surface area contributed by atoms with Gasteiger partial charge in [-0.05, 0) is 12.1 Å². The third-order valence-electron chi connectivity index (χ3n) is 1.46. The number of aromatic nitrogens is 1. The topological polar surface area (TPSA) is 48.7 Å². The van der Waals surface area contributed by atoms with Gasteiger partial charge in [-0.15, -0.1) is 12.3 Å². The van der Waals surface area contributed by atoms with E-state index >= 15 is 0 Å². The van der Waals surface area contributed by atoms with Crippen molar-refractivity contribution in [1.82, 2.24) is 4.98 Å². The Balaban J connectivity index is 2.59. The van der Waals surface area contributed by atoms with Crippen LogP contribution in [0.5, 0.6) is 0 Å². The van der Waals surface area contributed by atoms with Crippen LogP contribution < -0.4 is 5.32 Å². The first-order chi connectivity index (χ1) is 6.36. The van der Waals surface area contributed by atoms with Crippen LogP contribution in [0, 0.1) is 23.7 Å². The Kier molecular flexibility index (Phi) is 3.35. The van der Waals surface area contributed by atoms with Gasteiger partial charge < -0.3 is 5.32 Å². The minimum absolute atomic E-state index is 0.596. The number of pyridine rings is 1. The fourth-order valence-corrected chi connectivity index (χ4v) is 0.860. The van der Waals surface area contributed by atoms with Gasteiger partial charge in [-0.2, -0.15) is 5.26 Å². The number of terminal acetylenes is 1. The van der Waals surface area contributed by atoms with E-state index in [2.05, 4.69) is 16.2 Å². The van der Waals surface area contributed by atoms with Gasteiger partial charge in [0.1, 0.15) is 5.82 Å². The van der Waals surface area contributed by atoms with E-state index in [0.29, 0.717) is 24.3 Å². The molecule has 0 atom stereocenters. The molecule has 0 saturated heterocycles. The van der Waals surface area contributed by atoms with Crippen molar-refractivity contribution in [3.63, 3.8) is 0 Å². The van der Waals surface area contributed by atoms with Gasteiger partial charge in [0.2, 0.25) is 0 Å². The normalized spacial score (nSPS) is 8.46. The molecular weight excluding hydrogens is 162 g/mol. The van der Waals surface area contributed by atoms with Crippen LogP contribution in [0.15, 0.2) is 18.3 Å². The Hall–Kier alpha value is -2.00. The van der Waals surface area contributed by atoms with Gasteiger partial charge in [0.05, 0.1) is 11.6 Å². The minimum Gasteiger partial charge on any atom is -0.369 e. The molecule has 1 heterocycles. The summed E-state index contributed by atoms with van der Waals surface area (Å²) in [6.45, 7) is 0.679. The summed E-state index contributed by atoms with van der Waals surface area (Å²) in [5, 5.41) is 11.6. The second-order valence-electron chi connectivity index (χ2n) is 2.42. The Morgan fingerprint density at radius 2 is 2.46 bits per heavy atom. The minimum atomic E-state index is 0.596. The largest absolute Gasteiger partial charge is 0.369 e. The average Bonchev–Trinajstić information content (AvgIpc) is 2.19. The fourth-order valence-electron chi connectivity index (χ4n) is 0.860. The van der Waals surface area contributed by atoms with Crippen molar-refractivity contribution in [2.75, 3.05) is 11.9 Å². The fraction of sp³-hybridized carbons (Fsp3) is 0.200. The lowest BCUT2D eigenvalue weighted by molar-refractivity contribution is 1.07. The molecule has 0 fully saturated rings. The summed E-state index contributed by atoms with van der Waals surface area (Å²) in [4.78, 5) is 4.03. The van der Waals surface area contributed by atoms with Crippen LogP contribution >= 0.6 is 0 Å². The van der Waals surface area contributed by atoms with Gasteiger partial charge in [0.25, 0.3) is 0 Å². The van der Waals surface area contributed by atoms with Gasteiger partial charge in [0, 0.05) is 19.2 Å². The molecular formula is C10H9N3. The molecule has 13 heavy (non-hydrogen) atoms. The molecule has 0 aliphatic heterocycles. The molecule has 3 nitrogen and oxygen atoms in total. The zero-order valence-electron chi connectivity index (χ0n) is 7.12. The van der Waals surface area contributed by atoms with Crippen LogP contribution in [-0.4, -0.2) is 11.5 Å². The highest BCUT2D eigenvalue weighted by atomic mass is 15.0. The smallest absolute Gasteiger partial charge is 0.127 e. The molecule has 0 unspecified atom stereocenters. The number of hydrogen-bond acceptors (Lipinski definition) is 3. The molecule has 3 heteroatoms. The standard InChI is InChI=1S/C10H9N3/c1-2-3-5-12-10-7-9(8-11)4-6-13-10/h1,4,6-7H,3,5H2,(H,12,13). The first-order valence-electron chi connectivity index (χ1n) is 3.90. The third-order valence-corrected chi connectivity index (χ3v) is 1.46. The monoisotopic (exact) mass is 171 g/mol. The molecule has 0 spiro atoms. The predicted molar refractivity (Wildman–Crippen MR) is 50.9 cm³/mol. The van der Waals surface area contributed by atoms with E-state index in [4.69, 9.17) is 11.7 Å². The predicted octanol–water partition coefficient (Wildman–Crippen LogP) is 1.39. The van der Waals surface area contributed by atoms with Crippen LogP contribution in [-0.2, 0) is 0 Å². The lowest BCUT2D eigenvalue weighted by atomic mass is 10.3. The average molecular weight is 171 g/mol. The second-order valence-corrected chi connectivity index (χ2v) is 2.42. The molecule has 1 rings (SSSR count). The summed E-state index contributed by atoms with van der Waals surface area (Å²) in [6.07, 6.45) is 7.33. The Morgan fingerprint density at radius 1 is 1.62 bits per heavy atom. The van der Waals surface area contributed by atoms with E-state index < -0.39 is 0 Å². The van der Waals surface area contributed by atoms with Crippen LogP contribution in [0.4, 0.5) is 5.82 Å². The van der Waals surface area contributed by atoms with Crippen molar-refractivity contribution < 1.29 is 0 Å². The number of nitrogens with zero attached hydrogens (tertiary/aromatic N) is 2. The van der Waals surface area contributed by atoms with Gasteiger partial charge >= 0.3 is 0 Å². The van der Waals surface area contributed by atoms with E-state index in [1.807, 2.05) is 6.07 Å². The van der Waals surface area contributed by atoms with Crippen molar-refractivity contribution in [1.29, 1.82) is 5.26 Å². The van der Waals surface area contributed by atoms with Crippen molar-refractivity contribution in [3.8, 4) is 18.4 Å². The molecule has 0 amide bonds. The van der Waals surface area contributed by atoms with Crippen LogP contribution in [0.1, 0.15) is 12.0 Å². The first-order valence-corrected chi connectivity index (χ1v) is 3.90. The summed E-state index contributed by atoms with van der Waals surface area (Å²) >= 11 is 0. The molecule has 0 aromatic carbocycles. The highest BCUT2D eigenvalue weighted by molar-refractivity contribution is 5.42. The number of nitrogens with one attached hydrogen (secondary N) is 1. The van der Waals surface area contributed by atoms with Crippen molar-refractivity contribution >= 4 is 5.82 Å². The maximum Gasteiger partial charge on any atom is 0.127 e. The summed E-state index contributed by atoms with van der Waals surface area (Å²) in [7, 11) is 0. The number of rotatable bonds is 3. The van der Waals surface area contributed by atoms with E-state index in [1.54, 1.807) is 18.3 Å². The Labute approximate surface area is 77.4 Å². The Morgan fingerprint density at radius 3 is 3.15 bits per heavy atom. The van der Waals surface area contributed by atoms with Gasteiger partial charge in [0.15, 0.2) is 0 Å². The van der Waals surface area contributed by atoms with E-state index in [0.717, 1.165) is 0 Å². The van der Waals surface area contributed by atoms with E-state index in [1.165, 1.54) is 0 Å². The molecule has 0 aliphatic carbocycles. The van der Waals surface area contributed by atoms with E-state index in [-0.39, 0.29) is 0 Å². The molecule has 64 valence electrons. The molecule has 1 aromatic rings. The van der Waals surface area contributed by atoms with Crippen molar-refractivity contribution in [3.05, 3.63) is 23.9 Å². The SMILES string of the molecule is C#CCCNc1cc(C#N)ccn1. The lowest BCUT2D eigenvalue weighted by Crippen LogP contribution is -2.02. The number of anilines is 1. The second kappa shape index (κ2) is 4.79. The highest BCUT2D eigenvalue weighted by Gasteiger charge is 1.93. The van der Waals surface area contributed by atoms with Crippen molar-refractivity contribution in [2.45, 2.75) is 6.42 Å². The molecule has 1 aromatic heterocycles. The molecule has 0 saturated carbocycles. The zero-order chi connectivity index (χ0) is 9.52. The number of hydrogen-bond donors (Lipinski definition) is 1. The zero-order valence-corrected chi connectivity index (χ0v) is 7.12. The summed E-state index contributed by atoms with van der Waals surface area (Å²) in [6, 6.07) is 5.39. The maximum absolute atomic E-state index is 8.60. The van der Waals surface area contributed by atoms with Crippen molar-refractivity contribution in [2.24, 2.45) is 0 Å². The third kappa shape index (κ3) is 2.84. The first kappa shape index (κ1) is 9.09. The van der Waals surface area contributed by atoms with Crippen LogP contribution in [0.25, 0.3) is 0 Å². The van der Waals surface area contributed by atoms with Gasteiger partial charge in [-0.1, -0.05) is 0 Å². The summed E-state index contributed by atoms with van der Waals surface area (Å²) in [5.41, 5.74) is 0.596. The van der Waals surface area contributed by atoms with Gasteiger partial charge in [-0.3, -0.25) is 0 Å². The lowest BCUT2D eigenvalue weighted by Gasteiger charge is -2.01. The number of nitriles is 1. The molecule has 0 bridgehead atoms. The molecule has 0 aliphatic rings. The molecule has 0 radical (unpaired) electrons. The highest BCUT2D eigenvalue weighted by Crippen LogP contribution is 2.04. The maximum atomic E-state index is 8.60. The summed E-state index contributed by atoms with van der Waals surface area (Å²) < 4.78 is 0. The van der Waals surface area contributed by atoms with Crippen LogP contribution in [0.2, 0.25) is 0 Å². The Bertz CT molecular complexity index is 357. The van der Waals surface area contributed by atoms with Gasteiger partial charge in [-0.25, -0.2) is 4.98 Å². The summed E-state index contributed by atoms with van der Waals surface area (Å²) in [5.74, 6) is 3.20. The van der Waals surface area contributed by atoms with E-state index in [9.17, 15) is 0 Å². The quantitative estimate of drug-likeness (QED) is 0.552. The van der Waals surface area contributed by atoms with Crippen LogP contribution in [0.3, 0.4) is 0 Å².